The minimum Gasteiger partial charge on any atom is -0.397 e. The van der Waals surface area contributed by atoms with Gasteiger partial charge in [0.15, 0.2) is 0 Å². The zero-order valence-corrected chi connectivity index (χ0v) is 10.2. The molecule has 2 rings (SSSR count). The van der Waals surface area contributed by atoms with Crippen molar-refractivity contribution in [3.63, 3.8) is 0 Å². The van der Waals surface area contributed by atoms with Crippen LogP contribution in [0, 0.1) is 5.92 Å². The number of amides is 1. The number of hydrogen-bond donors (Lipinski definition) is 2. The lowest BCUT2D eigenvalue weighted by molar-refractivity contribution is 0.100. The molecule has 4 N–H and O–H groups in total. The molecule has 0 radical (unpaired) electrons. The van der Waals surface area contributed by atoms with Gasteiger partial charge in [0.1, 0.15) is 4.88 Å². The van der Waals surface area contributed by atoms with Crippen LogP contribution in [-0.2, 0) is 0 Å². The first kappa shape index (κ1) is 11.3. The lowest BCUT2D eigenvalue weighted by Gasteiger charge is -2.15. The van der Waals surface area contributed by atoms with Gasteiger partial charge in [-0.15, -0.1) is 11.3 Å². The lowest BCUT2D eigenvalue weighted by Crippen LogP contribution is -2.18. The monoisotopic (exact) mass is 239 g/mol. The summed E-state index contributed by atoms with van der Waals surface area (Å²) in [5, 5.41) is 1.07. The van der Waals surface area contributed by atoms with E-state index in [-0.39, 0.29) is 0 Å². The van der Waals surface area contributed by atoms with Gasteiger partial charge in [-0.25, -0.2) is 0 Å². The molecule has 16 heavy (non-hydrogen) atoms. The van der Waals surface area contributed by atoms with E-state index in [0.717, 1.165) is 24.0 Å². The van der Waals surface area contributed by atoms with Crippen molar-refractivity contribution in [1.82, 2.24) is 0 Å². The molecular weight excluding hydrogens is 222 g/mol. The number of hydrogen-bond acceptors (Lipinski definition) is 4. The predicted molar refractivity (Wildman–Crippen MR) is 67.9 cm³/mol. The smallest absolute Gasteiger partial charge is 0.260 e. The average Bonchev–Trinajstić information content (AvgIpc) is 2.83. The Morgan fingerprint density at radius 3 is 2.94 bits per heavy atom. The van der Waals surface area contributed by atoms with Gasteiger partial charge in [-0.2, -0.15) is 0 Å². The van der Waals surface area contributed by atoms with Crippen molar-refractivity contribution in [2.75, 3.05) is 23.7 Å². The number of nitrogens with two attached hydrogens (primary N) is 2. The topological polar surface area (TPSA) is 72.3 Å². The van der Waals surface area contributed by atoms with Crippen LogP contribution in [0.1, 0.15) is 29.4 Å². The SMILES string of the molecule is CCC1CCN(c2cc(N)c(C(N)=O)s2)C1. The second-order valence-electron chi connectivity index (χ2n) is 4.24. The molecule has 5 heteroatoms. The van der Waals surface area contributed by atoms with Gasteiger partial charge in [-0.05, 0) is 18.4 Å². The molecule has 1 amide bonds. The van der Waals surface area contributed by atoms with E-state index < -0.39 is 5.91 Å². The highest BCUT2D eigenvalue weighted by molar-refractivity contribution is 7.18. The van der Waals surface area contributed by atoms with E-state index >= 15 is 0 Å². The summed E-state index contributed by atoms with van der Waals surface area (Å²) in [6.07, 6.45) is 2.43. The van der Waals surface area contributed by atoms with E-state index in [2.05, 4.69) is 11.8 Å². The Hall–Kier alpha value is -1.23. The van der Waals surface area contributed by atoms with Crippen LogP contribution in [-0.4, -0.2) is 19.0 Å². The largest absolute Gasteiger partial charge is 0.397 e. The molecule has 2 heterocycles. The molecular formula is C11H17N3OS. The van der Waals surface area contributed by atoms with Crippen molar-refractivity contribution in [1.29, 1.82) is 0 Å². The Labute approximate surface area is 99.2 Å². The van der Waals surface area contributed by atoms with E-state index in [0.29, 0.717) is 10.6 Å². The Morgan fingerprint density at radius 2 is 2.44 bits per heavy atom. The van der Waals surface area contributed by atoms with E-state index in [4.69, 9.17) is 11.5 Å². The van der Waals surface area contributed by atoms with Crippen LogP contribution in [0.3, 0.4) is 0 Å². The standard InChI is InChI=1S/C11H17N3OS/c1-2-7-3-4-14(6-7)9-5-8(12)10(16-9)11(13)15/h5,7H,2-4,6,12H2,1H3,(H2,13,15). The molecule has 1 unspecified atom stereocenters. The summed E-state index contributed by atoms with van der Waals surface area (Å²) in [6.45, 7) is 4.33. The van der Waals surface area contributed by atoms with Crippen LogP contribution in [0.5, 0.6) is 0 Å². The lowest BCUT2D eigenvalue weighted by atomic mass is 10.1. The summed E-state index contributed by atoms with van der Waals surface area (Å²) >= 11 is 1.40. The van der Waals surface area contributed by atoms with E-state index in [1.807, 2.05) is 6.07 Å². The van der Waals surface area contributed by atoms with E-state index in [1.54, 1.807) is 0 Å². The normalized spacial score (nSPS) is 20.3. The molecule has 0 aromatic carbocycles. The van der Waals surface area contributed by atoms with Gasteiger partial charge in [0, 0.05) is 13.1 Å². The fourth-order valence-corrected chi connectivity index (χ4v) is 3.07. The van der Waals surface area contributed by atoms with E-state index in [9.17, 15) is 4.79 Å². The minimum absolute atomic E-state index is 0.431. The fraction of sp³-hybridized carbons (Fsp3) is 0.545. The highest BCUT2D eigenvalue weighted by atomic mass is 32.1. The van der Waals surface area contributed by atoms with Gasteiger partial charge < -0.3 is 16.4 Å². The van der Waals surface area contributed by atoms with Gasteiger partial charge in [0.05, 0.1) is 10.7 Å². The molecule has 0 spiro atoms. The van der Waals surface area contributed by atoms with Crippen molar-refractivity contribution >= 4 is 27.9 Å². The molecule has 88 valence electrons. The second kappa shape index (κ2) is 4.33. The van der Waals surface area contributed by atoms with E-state index in [1.165, 1.54) is 24.2 Å². The molecule has 1 atom stereocenters. The number of carbonyl (C=O) groups excluding carboxylic acids is 1. The maximum absolute atomic E-state index is 11.1. The predicted octanol–water partition coefficient (Wildman–Crippen LogP) is 1.67. The molecule has 1 aromatic heterocycles. The van der Waals surface area contributed by atoms with Gasteiger partial charge in [-0.1, -0.05) is 13.3 Å². The summed E-state index contributed by atoms with van der Waals surface area (Å²) in [5.74, 6) is 0.334. The van der Waals surface area contributed by atoms with Gasteiger partial charge in [0.2, 0.25) is 0 Å². The number of nitrogens with zero attached hydrogens (tertiary/aromatic N) is 1. The van der Waals surface area contributed by atoms with Crippen molar-refractivity contribution in [3.8, 4) is 0 Å². The molecule has 1 fully saturated rings. The molecule has 0 aliphatic carbocycles. The zero-order chi connectivity index (χ0) is 11.7. The number of anilines is 2. The number of rotatable bonds is 3. The molecule has 0 saturated carbocycles. The first-order valence-corrected chi connectivity index (χ1v) is 6.37. The number of thiophene rings is 1. The summed E-state index contributed by atoms with van der Waals surface area (Å²) in [6, 6.07) is 1.86. The number of nitrogen functional groups attached to an aromatic ring is 1. The molecule has 1 aliphatic rings. The third kappa shape index (κ3) is 2.00. The molecule has 1 aromatic rings. The van der Waals surface area contributed by atoms with Crippen molar-refractivity contribution in [2.45, 2.75) is 19.8 Å². The zero-order valence-electron chi connectivity index (χ0n) is 9.40. The van der Waals surface area contributed by atoms with Crippen LogP contribution in [0.15, 0.2) is 6.07 Å². The Kier molecular flexibility index (Phi) is 3.05. The average molecular weight is 239 g/mol. The number of carbonyl (C=O) groups is 1. The summed E-state index contributed by atoms with van der Waals surface area (Å²) in [4.78, 5) is 13.9. The van der Waals surface area contributed by atoms with Crippen LogP contribution < -0.4 is 16.4 Å². The highest BCUT2D eigenvalue weighted by Crippen LogP contribution is 2.35. The third-order valence-electron chi connectivity index (χ3n) is 3.15. The van der Waals surface area contributed by atoms with Crippen molar-refractivity contribution in [3.05, 3.63) is 10.9 Å². The Bertz CT molecular complexity index is 402. The van der Waals surface area contributed by atoms with Crippen LogP contribution >= 0.6 is 11.3 Å². The van der Waals surface area contributed by atoms with Crippen LogP contribution in [0.25, 0.3) is 0 Å². The maximum Gasteiger partial charge on any atom is 0.260 e. The van der Waals surface area contributed by atoms with Gasteiger partial charge >= 0.3 is 0 Å². The summed E-state index contributed by atoms with van der Waals surface area (Å²) in [7, 11) is 0. The minimum atomic E-state index is -0.431. The highest BCUT2D eigenvalue weighted by Gasteiger charge is 2.23. The Balaban J connectivity index is 2.16. The number of primary amides is 1. The third-order valence-corrected chi connectivity index (χ3v) is 4.37. The molecule has 0 bridgehead atoms. The molecule has 4 nitrogen and oxygen atoms in total. The van der Waals surface area contributed by atoms with Crippen LogP contribution in [0.2, 0.25) is 0 Å². The van der Waals surface area contributed by atoms with Gasteiger partial charge in [0.25, 0.3) is 5.91 Å². The quantitative estimate of drug-likeness (QED) is 0.842. The first-order valence-electron chi connectivity index (χ1n) is 5.55. The van der Waals surface area contributed by atoms with Gasteiger partial charge in [-0.3, -0.25) is 4.79 Å². The Morgan fingerprint density at radius 1 is 1.69 bits per heavy atom. The fourth-order valence-electron chi connectivity index (χ4n) is 2.11. The first-order chi connectivity index (χ1) is 7.61. The second-order valence-corrected chi connectivity index (χ2v) is 5.27. The van der Waals surface area contributed by atoms with Crippen molar-refractivity contribution < 1.29 is 4.79 Å². The molecule has 1 aliphatic heterocycles. The molecule has 1 saturated heterocycles. The summed E-state index contributed by atoms with van der Waals surface area (Å²) < 4.78 is 0. The summed E-state index contributed by atoms with van der Waals surface area (Å²) in [5.41, 5.74) is 11.5. The van der Waals surface area contributed by atoms with Crippen molar-refractivity contribution in [2.24, 2.45) is 11.7 Å². The van der Waals surface area contributed by atoms with Crippen LogP contribution in [0.4, 0.5) is 10.7 Å². The maximum atomic E-state index is 11.1.